The summed E-state index contributed by atoms with van der Waals surface area (Å²) in [6, 6.07) is 6.97. The smallest absolute Gasteiger partial charge is 0.252 e. The SMILES string of the molecule is CNCC1CCN(C(=O)C(NC(=O)c2ccccc2C)C(C)C)C1.Cl. The summed E-state index contributed by atoms with van der Waals surface area (Å²) in [5.74, 6) is 0.407. The van der Waals surface area contributed by atoms with Crippen molar-refractivity contribution in [3.05, 3.63) is 35.4 Å². The molecule has 2 amide bonds. The standard InChI is InChI=1S/C19H29N3O2.ClH/c1-13(2)17(19(24)22-10-9-15(12-22)11-20-4)21-18(23)16-8-6-5-7-14(16)3;/h5-8,13,15,17,20H,9-12H2,1-4H3,(H,21,23);1H. The van der Waals surface area contributed by atoms with Gasteiger partial charge in [-0.15, -0.1) is 12.4 Å². The largest absolute Gasteiger partial charge is 0.341 e. The summed E-state index contributed by atoms with van der Waals surface area (Å²) in [6.45, 7) is 8.32. The van der Waals surface area contributed by atoms with E-state index in [-0.39, 0.29) is 30.1 Å². The van der Waals surface area contributed by atoms with Crippen molar-refractivity contribution in [2.75, 3.05) is 26.7 Å². The Hall–Kier alpha value is -1.59. The van der Waals surface area contributed by atoms with Gasteiger partial charge >= 0.3 is 0 Å². The van der Waals surface area contributed by atoms with E-state index in [1.165, 1.54) is 0 Å². The molecule has 0 radical (unpaired) electrons. The van der Waals surface area contributed by atoms with Crippen LogP contribution >= 0.6 is 12.4 Å². The summed E-state index contributed by atoms with van der Waals surface area (Å²) in [5.41, 5.74) is 1.55. The van der Waals surface area contributed by atoms with Crippen LogP contribution in [0, 0.1) is 18.8 Å². The molecule has 2 rings (SSSR count). The van der Waals surface area contributed by atoms with Crippen LogP contribution in [0.2, 0.25) is 0 Å². The molecule has 140 valence electrons. The molecule has 2 atom stereocenters. The lowest BCUT2D eigenvalue weighted by Crippen LogP contribution is -2.50. The van der Waals surface area contributed by atoms with Crippen molar-refractivity contribution in [1.82, 2.24) is 15.5 Å². The van der Waals surface area contributed by atoms with Crippen molar-refractivity contribution < 1.29 is 9.59 Å². The molecule has 0 spiro atoms. The van der Waals surface area contributed by atoms with Crippen LogP contribution < -0.4 is 10.6 Å². The van der Waals surface area contributed by atoms with E-state index >= 15 is 0 Å². The Balaban J connectivity index is 0.00000312. The van der Waals surface area contributed by atoms with Gasteiger partial charge in [0.1, 0.15) is 6.04 Å². The second-order valence-corrected chi connectivity index (χ2v) is 7.01. The Morgan fingerprint density at radius 2 is 1.96 bits per heavy atom. The molecule has 0 aliphatic carbocycles. The predicted molar refractivity (Wildman–Crippen MR) is 103 cm³/mol. The number of aryl methyl sites for hydroxylation is 1. The van der Waals surface area contributed by atoms with E-state index in [9.17, 15) is 9.59 Å². The quantitative estimate of drug-likeness (QED) is 0.810. The van der Waals surface area contributed by atoms with Crippen molar-refractivity contribution in [3.8, 4) is 0 Å². The van der Waals surface area contributed by atoms with E-state index in [1.807, 2.05) is 50.9 Å². The van der Waals surface area contributed by atoms with E-state index in [1.54, 1.807) is 6.07 Å². The zero-order chi connectivity index (χ0) is 17.7. The highest BCUT2D eigenvalue weighted by Crippen LogP contribution is 2.18. The molecule has 1 fully saturated rings. The third-order valence-electron chi connectivity index (χ3n) is 4.70. The molecular formula is C19H30ClN3O2. The Bertz CT molecular complexity index is 592. The number of carbonyl (C=O) groups is 2. The maximum Gasteiger partial charge on any atom is 0.252 e. The van der Waals surface area contributed by atoms with Gasteiger partial charge in [-0.3, -0.25) is 9.59 Å². The molecule has 0 aromatic heterocycles. The lowest BCUT2D eigenvalue weighted by Gasteiger charge is -2.27. The first-order valence-corrected chi connectivity index (χ1v) is 8.74. The molecule has 25 heavy (non-hydrogen) atoms. The summed E-state index contributed by atoms with van der Waals surface area (Å²) >= 11 is 0. The second kappa shape index (κ2) is 9.78. The minimum Gasteiger partial charge on any atom is -0.341 e. The van der Waals surface area contributed by atoms with Crippen LogP contribution in [0.25, 0.3) is 0 Å². The third kappa shape index (κ3) is 5.44. The topological polar surface area (TPSA) is 61.4 Å². The molecule has 0 saturated carbocycles. The highest BCUT2D eigenvalue weighted by Gasteiger charge is 2.33. The van der Waals surface area contributed by atoms with Crippen molar-refractivity contribution in [2.24, 2.45) is 11.8 Å². The van der Waals surface area contributed by atoms with Crippen LogP contribution in [0.15, 0.2) is 24.3 Å². The first-order valence-electron chi connectivity index (χ1n) is 8.74. The number of carbonyl (C=O) groups excluding carboxylic acids is 2. The van der Waals surface area contributed by atoms with Crippen molar-refractivity contribution in [2.45, 2.75) is 33.2 Å². The van der Waals surface area contributed by atoms with E-state index in [2.05, 4.69) is 10.6 Å². The number of hydrogen-bond donors (Lipinski definition) is 2. The summed E-state index contributed by atoms with van der Waals surface area (Å²) in [5, 5.41) is 6.12. The number of nitrogens with one attached hydrogen (secondary N) is 2. The number of likely N-dealkylation sites (tertiary alicyclic amines) is 1. The highest BCUT2D eigenvalue weighted by molar-refractivity contribution is 5.98. The van der Waals surface area contributed by atoms with E-state index in [0.717, 1.165) is 31.6 Å². The van der Waals surface area contributed by atoms with Gasteiger partial charge in [-0.25, -0.2) is 0 Å². The third-order valence-corrected chi connectivity index (χ3v) is 4.70. The van der Waals surface area contributed by atoms with Gasteiger partial charge in [0.25, 0.3) is 5.91 Å². The summed E-state index contributed by atoms with van der Waals surface area (Å²) in [6.07, 6.45) is 1.02. The van der Waals surface area contributed by atoms with Gasteiger partial charge in [0.05, 0.1) is 0 Å². The van der Waals surface area contributed by atoms with Gasteiger partial charge in [0.15, 0.2) is 0 Å². The molecule has 6 heteroatoms. The number of benzene rings is 1. The van der Waals surface area contributed by atoms with Crippen LogP contribution in [-0.2, 0) is 4.79 Å². The maximum absolute atomic E-state index is 12.9. The Kier molecular flexibility index (Phi) is 8.39. The van der Waals surface area contributed by atoms with E-state index in [0.29, 0.717) is 11.5 Å². The molecule has 1 aliphatic rings. The van der Waals surface area contributed by atoms with Gasteiger partial charge in [-0.05, 0) is 50.4 Å². The number of rotatable bonds is 6. The van der Waals surface area contributed by atoms with Crippen molar-refractivity contribution in [1.29, 1.82) is 0 Å². The number of halogens is 1. The molecular weight excluding hydrogens is 338 g/mol. The zero-order valence-corrected chi connectivity index (χ0v) is 16.4. The van der Waals surface area contributed by atoms with Crippen molar-refractivity contribution >= 4 is 24.2 Å². The molecule has 1 saturated heterocycles. The summed E-state index contributed by atoms with van der Waals surface area (Å²) in [4.78, 5) is 27.3. The molecule has 2 unspecified atom stereocenters. The zero-order valence-electron chi connectivity index (χ0n) is 15.5. The summed E-state index contributed by atoms with van der Waals surface area (Å²) in [7, 11) is 1.93. The Morgan fingerprint density at radius 1 is 1.28 bits per heavy atom. The van der Waals surface area contributed by atoms with E-state index < -0.39 is 6.04 Å². The summed E-state index contributed by atoms with van der Waals surface area (Å²) < 4.78 is 0. The van der Waals surface area contributed by atoms with Crippen LogP contribution in [0.5, 0.6) is 0 Å². The number of hydrogen-bond acceptors (Lipinski definition) is 3. The molecule has 1 heterocycles. The molecule has 1 aromatic rings. The van der Waals surface area contributed by atoms with Crippen LogP contribution in [0.1, 0.15) is 36.2 Å². The molecule has 1 aliphatic heterocycles. The second-order valence-electron chi connectivity index (χ2n) is 7.01. The average molecular weight is 368 g/mol. The molecule has 1 aromatic carbocycles. The van der Waals surface area contributed by atoms with Gasteiger partial charge in [0, 0.05) is 18.7 Å². The van der Waals surface area contributed by atoms with Crippen molar-refractivity contribution in [3.63, 3.8) is 0 Å². The molecule has 2 N–H and O–H groups in total. The predicted octanol–water partition coefficient (Wildman–Crippen LogP) is 2.24. The van der Waals surface area contributed by atoms with Gasteiger partial charge in [0.2, 0.25) is 5.91 Å². The Morgan fingerprint density at radius 3 is 2.56 bits per heavy atom. The fourth-order valence-corrected chi connectivity index (χ4v) is 3.25. The van der Waals surface area contributed by atoms with Crippen LogP contribution in [0.4, 0.5) is 0 Å². The lowest BCUT2D eigenvalue weighted by molar-refractivity contribution is -0.133. The fraction of sp³-hybridized carbons (Fsp3) is 0.579. The van der Waals surface area contributed by atoms with Gasteiger partial charge in [-0.1, -0.05) is 32.0 Å². The highest BCUT2D eigenvalue weighted by atomic mass is 35.5. The normalized spacial score (nSPS) is 18.0. The first-order chi connectivity index (χ1) is 11.4. The fourth-order valence-electron chi connectivity index (χ4n) is 3.25. The average Bonchev–Trinajstić information content (AvgIpc) is 3.01. The molecule has 0 bridgehead atoms. The van der Waals surface area contributed by atoms with Crippen LogP contribution in [0.3, 0.4) is 0 Å². The lowest BCUT2D eigenvalue weighted by atomic mass is 10.0. The van der Waals surface area contributed by atoms with Gasteiger partial charge in [-0.2, -0.15) is 0 Å². The molecule has 5 nitrogen and oxygen atoms in total. The van der Waals surface area contributed by atoms with Crippen LogP contribution in [-0.4, -0.2) is 49.4 Å². The van der Waals surface area contributed by atoms with Gasteiger partial charge < -0.3 is 15.5 Å². The maximum atomic E-state index is 12.9. The van der Waals surface area contributed by atoms with E-state index in [4.69, 9.17) is 0 Å². The monoisotopic (exact) mass is 367 g/mol. The Labute approximate surface area is 157 Å². The minimum absolute atomic E-state index is 0. The first kappa shape index (κ1) is 21.5. The number of nitrogens with zero attached hydrogens (tertiary/aromatic N) is 1. The number of amides is 2. The minimum atomic E-state index is -0.481.